The van der Waals surface area contributed by atoms with Crippen LogP contribution in [0.2, 0.25) is 0 Å². The van der Waals surface area contributed by atoms with Gasteiger partial charge in [-0.15, -0.1) is 0 Å². The fourth-order valence-corrected chi connectivity index (χ4v) is 1.54. The number of carbonyl (C=O) groups is 1. The Kier molecular flexibility index (Phi) is 5.01. The molecule has 0 saturated carbocycles. The zero-order valence-corrected chi connectivity index (χ0v) is 10.9. The second-order valence-corrected chi connectivity index (χ2v) is 4.44. The van der Waals surface area contributed by atoms with Crippen molar-refractivity contribution in [3.05, 3.63) is 29.8 Å². The van der Waals surface area contributed by atoms with E-state index in [4.69, 9.17) is 4.74 Å². The molecule has 1 aromatic rings. The molecule has 17 heavy (non-hydrogen) atoms. The van der Waals surface area contributed by atoms with E-state index in [1.165, 1.54) is 12.7 Å². The lowest BCUT2D eigenvalue weighted by molar-refractivity contribution is -0.142. The Hall–Kier alpha value is -1.51. The van der Waals surface area contributed by atoms with Crippen LogP contribution in [0.15, 0.2) is 24.3 Å². The quantitative estimate of drug-likeness (QED) is 0.737. The summed E-state index contributed by atoms with van der Waals surface area (Å²) in [4.78, 5) is 11.1. The van der Waals surface area contributed by atoms with Crippen molar-refractivity contribution in [1.82, 2.24) is 0 Å². The number of carbonyl (C=O) groups excluding carboxylic acids is 1. The monoisotopic (exact) mass is 236 g/mol. The van der Waals surface area contributed by atoms with E-state index in [0.717, 1.165) is 5.75 Å². The lowest BCUT2D eigenvalue weighted by Crippen LogP contribution is -2.17. The van der Waals surface area contributed by atoms with E-state index in [1.54, 1.807) is 0 Å². The number of rotatable bonds is 5. The molecular formula is C14H20O3. The minimum Gasteiger partial charge on any atom is -0.490 e. The van der Waals surface area contributed by atoms with Gasteiger partial charge in [0, 0.05) is 0 Å². The number of hydrogen-bond donors (Lipinski definition) is 0. The van der Waals surface area contributed by atoms with Gasteiger partial charge in [-0.05, 0) is 30.5 Å². The maximum Gasteiger partial charge on any atom is 0.309 e. The van der Waals surface area contributed by atoms with Gasteiger partial charge in [0.15, 0.2) is 0 Å². The number of esters is 1. The molecule has 0 aliphatic carbocycles. The van der Waals surface area contributed by atoms with Crippen molar-refractivity contribution in [1.29, 1.82) is 0 Å². The first kappa shape index (κ1) is 13.6. The molecule has 0 bridgehead atoms. The summed E-state index contributed by atoms with van der Waals surface area (Å²) in [6.45, 7) is 6.13. The van der Waals surface area contributed by atoms with Crippen molar-refractivity contribution < 1.29 is 14.3 Å². The van der Waals surface area contributed by atoms with E-state index in [-0.39, 0.29) is 18.5 Å². The normalized spacial score (nSPS) is 12.3. The van der Waals surface area contributed by atoms with Crippen LogP contribution >= 0.6 is 0 Å². The highest BCUT2D eigenvalue weighted by Gasteiger charge is 2.11. The van der Waals surface area contributed by atoms with Crippen molar-refractivity contribution in [2.24, 2.45) is 0 Å². The van der Waals surface area contributed by atoms with Crippen LogP contribution in [0, 0.1) is 0 Å². The third kappa shape index (κ3) is 4.47. The van der Waals surface area contributed by atoms with Gasteiger partial charge >= 0.3 is 5.97 Å². The van der Waals surface area contributed by atoms with Crippen molar-refractivity contribution in [2.75, 3.05) is 7.11 Å². The summed E-state index contributed by atoms with van der Waals surface area (Å²) in [6, 6.07) is 7.95. The molecule has 0 amide bonds. The van der Waals surface area contributed by atoms with Gasteiger partial charge in [-0.1, -0.05) is 26.0 Å². The molecule has 3 heteroatoms. The standard InChI is InChI=1S/C14H20O3/c1-10(2)12-6-5-7-13(9-12)17-11(3)8-14(15)16-4/h5-7,9-11H,8H2,1-4H3. The summed E-state index contributed by atoms with van der Waals surface area (Å²) in [5.41, 5.74) is 1.23. The van der Waals surface area contributed by atoms with Gasteiger partial charge < -0.3 is 9.47 Å². The molecule has 1 unspecified atom stereocenters. The van der Waals surface area contributed by atoms with Gasteiger partial charge in [0.25, 0.3) is 0 Å². The molecule has 0 N–H and O–H groups in total. The Bertz CT molecular complexity index is 371. The van der Waals surface area contributed by atoms with Crippen LogP contribution in [0.3, 0.4) is 0 Å². The van der Waals surface area contributed by atoms with Crippen molar-refractivity contribution >= 4 is 5.97 Å². The van der Waals surface area contributed by atoms with Crippen LogP contribution in [0.5, 0.6) is 5.75 Å². The SMILES string of the molecule is COC(=O)CC(C)Oc1cccc(C(C)C)c1. The maximum absolute atomic E-state index is 11.1. The second-order valence-electron chi connectivity index (χ2n) is 4.44. The molecule has 0 aliphatic heterocycles. The van der Waals surface area contributed by atoms with Crippen LogP contribution in [0.25, 0.3) is 0 Å². The molecule has 0 spiro atoms. The third-order valence-corrected chi connectivity index (χ3v) is 2.54. The molecule has 1 aromatic carbocycles. The second kappa shape index (κ2) is 6.28. The number of benzene rings is 1. The van der Waals surface area contributed by atoms with Crippen molar-refractivity contribution in [3.8, 4) is 5.75 Å². The molecule has 0 aromatic heterocycles. The highest BCUT2D eigenvalue weighted by Crippen LogP contribution is 2.21. The van der Waals surface area contributed by atoms with Crippen LogP contribution < -0.4 is 4.74 Å². The topological polar surface area (TPSA) is 35.5 Å². The Morgan fingerprint density at radius 1 is 1.29 bits per heavy atom. The zero-order chi connectivity index (χ0) is 12.8. The van der Waals surface area contributed by atoms with Gasteiger partial charge in [-0.25, -0.2) is 0 Å². The van der Waals surface area contributed by atoms with Crippen LogP contribution in [-0.4, -0.2) is 19.2 Å². The number of hydrogen-bond acceptors (Lipinski definition) is 3. The Balaban J connectivity index is 2.62. The van der Waals surface area contributed by atoms with Gasteiger partial charge in [0.05, 0.1) is 13.5 Å². The first-order valence-electron chi connectivity index (χ1n) is 5.86. The predicted octanol–water partition coefficient (Wildman–Crippen LogP) is 3.14. The van der Waals surface area contributed by atoms with E-state index in [2.05, 4.69) is 24.7 Å². The summed E-state index contributed by atoms with van der Waals surface area (Å²) in [5.74, 6) is 1.01. The molecule has 1 rings (SSSR count). The Morgan fingerprint density at radius 2 is 2.00 bits per heavy atom. The van der Waals surface area contributed by atoms with E-state index in [9.17, 15) is 4.79 Å². The number of ether oxygens (including phenoxy) is 2. The zero-order valence-electron chi connectivity index (χ0n) is 10.9. The Morgan fingerprint density at radius 3 is 2.59 bits per heavy atom. The molecule has 3 nitrogen and oxygen atoms in total. The molecular weight excluding hydrogens is 216 g/mol. The molecule has 0 heterocycles. The maximum atomic E-state index is 11.1. The summed E-state index contributed by atoms with van der Waals surface area (Å²) in [5, 5.41) is 0. The average molecular weight is 236 g/mol. The summed E-state index contributed by atoms with van der Waals surface area (Å²) < 4.78 is 10.3. The smallest absolute Gasteiger partial charge is 0.309 e. The highest BCUT2D eigenvalue weighted by atomic mass is 16.5. The van der Waals surface area contributed by atoms with Crippen molar-refractivity contribution in [3.63, 3.8) is 0 Å². The molecule has 1 atom stereocenters. The highest BCUT2D eigenvalue weighted by molar-refractivity contribution is 5.69. The van der Waals surface area contributed by atoms with E-state index in [0.29, 0.717) is 5.92 Å². The first-order chi connectivity index (χ1) is 8.02. The molecule has 0 aliphatic rings. The molecule has 0 radical (unpaired) electrons. The largest absolute Gasteiger partial charge is 0.490 e. The fourth-order valence-electron chi connectivity index (χ4n) is 1.54. The first-order valence-corrected chi connectivity index (χ1v) is 5.86. The van der Waals surface area contributed by atoms with E-state index >= 15 is 0 Å². The van der Waals surface area contributed by atoms with Gasteiger partial charge in [-0.2, -0.15) is 0 Å². The molecule has 0 saturated heterocycles. The predicted molar refractivity (Wildman–Crippen MR) is 67.3 cm³/mol. The minimum absolute atomic E-state index is 0.176. The van der Waals surface area contributed by atoms with Crippen molar-refractivity contribution in [2.45, 2.75) is 39.2 Å². The summed E-state index contributed by atoms with van der Waals surface area (Å²) in [6.07, 6.45) is 0.0902. The van der Waals surface area contributed by atoms with Crippen LogP contribution in [-0.2, 0) is 9.53 Å². The average Bonchev–Trinajstić information content (AvgIpc) is 2.28. The van der Waals surface area contributed by atoms with Crippen LogP contribution in [0.1, 0.15) is 38.7 Å². The fraction of sp³-hybridized carbons (Fsp3) is 0.500. The summed E-state index contributed by atoms with van der Waals surface area (Å²) in [7, 11) is 1.38. The van der Waals surface area contributed by atoms with E-state index in [1.807, 2.05) is 25.1 Å². The Labute approximate surface area is 103 Å². The minimum atomic E-state index is -0.252. The van der Waals surface area contributed by atoms with Gasteiger partial charge in [-0.3, -0.25) is 4.79 Å². The van der Waals surface area contributed by atoms with E-state index < -0.39 is 0 Å². The van der Waals surface area contributed by atoms with Gasteiger partial charge in [0.2, 0.25) is 0 Å². The lowest BCUT2D eigenvalue weighted by Gasteiger charge is -2.15. The third-order valence-electron chi connectivity index (χ3n) is 2.54. The summed E-state index contributed by atoms with van der Waals surface area (Å²) >= 11 is 0. The molecule has 94 valence electrons. The lowest BCUT2D eigenvalue weighted by atomic mass is 10.0. The van der Waals surface area contributed by atoms with Crippen LogP contribution in [0.4, 0.5) is 0 Å². The molecule has 0 fully saturated rings. The number of methoxy groups -OCH3 is 1. The van der Waals surface area contributed by atoms with Gasteiger partial charge in [0.1, 0.15) is 11.9 Å².